The Morgan fingerprint density at radius 1 is 1.53 bits per heavy atom. The standard InChI is InChI=1S/C11H14BrNO2/c1-15-10-4-7(12)2-3-9(10)11(13)5-8(14)6-11/h2-4,8,14H,5-6,13H2,1H3. The minimum Gasteiger partial charge on any atom is -0.496 e. The summed E-state index contributed by atoms with van der Waals surface area (Å²) in [5, 5.41) is 9.33. The van der Waals surface area contributed by atoms with Gasteiger partial charge < -0.3 is 15.6 Å². The van der Waals surface area contributed by atoms with Crippen LogP contribution in [0.5, 0.6) is 5.75 Å². The highest BCUT2D eigenvalue weighted by Gasteiger charge is 2.43. The highest BCUT2D eigenvalue weighted by molar-refractivity contribution is 9.10. The average molecular weight is 272 g/mol. The van der Waals surface area contributed by atoms with Crippen molar-refractivity contribution in [3.8, 4) is 5.75 Å². The van der Waals surface area contributed by atoms with Crippen molar-refractivity contribution in [1.82, 2.24) is 0 Å². The molecule has 0 radical (unpaired) electrons. The van der Waals surface area contributed by atoms with Crippen LogP contribution in [0.15, 0.2) is 22.7 Å². The molecule has 1 aliphatic rings. The van der Waals surface area contributed by atoms with Crippen LogP contribution in [0.1, 0.15) is 18.4 Å². The summed E-state index contributed by atoms with van der Waals surface area (Å²) in [6.07, 6.45) is 0.930. The Balaban J connectivity index is 2.36. The highest BCUT2D eigenvalue weighted by atomic mass is 79.9. The predicted octanol–water partition coefficient (Wildman–Crippen LogP) is 1.77. The Labute approximate surface area is 97.4 Å². The van der Waals surface area contributed by atoms with Crippen LogP contribution in [0.25, 0.3) is 0 Å². The molecular weight excluding hydrogens is 258 g/mol. The van der Waals surface area contributed by atoms with Gasteiger partial charge in [-0.2, -0.15) is 0 Å². The lowest BCUT2D eigenvalue weighted by Crippen LogP contribution is -2.51. The summed E-state index contributed by atoms with van der Waals surface area (Å²) < 4.78 is 6.26. The van der Waals surface area contributed by atoms with Gasteiger partial charge in [0.15, 0.2) is 0 Å². The second-order valence-corrected chi connectivity index (χ2v) is 4.98. The van der Waals surface area contributed by atoms with Crippen molar-refractivity contribution in [2.45, 2.75) is 24.5 Å². The number of aliphatic hydroxyl groups is 1. The Kier molecular flexibility index (Phi) is 2.75. The van der Waals surface area contributed by atoms with Gasteiger partial charge in [-0.3, -0.25) is 0 Å². The zero-order valence-electron chi connectivity index (χ0n) is 8.53. The molecule has 15 heavy (non-hydrogen) atoms. The van der Waals surface area contributed by atoms with Crippen molar-refractivity contribution in [2.75, 3.05) is 7.11 Å². The second-order valence-electron chi connectivity index (χ2n) is 4.06. The maximum Gasteiger partial charge on any atom is 0.125 e. The highest BCUT2D eigenvalue weighted by Crippen LogP contribution is 2.43. The van der Waals surface area contributed by atoms with Crippen LogP contribution in [-0.4, -0.2) is 18.3 Å². The zero-order valence-corrected chi connectivity index (χ0v) is 10.1. The molecule has 0 atom stereocenters. The number of rotatable bonds is 2. The summed E-state index contributed by atoms with van der Waals surface area (Å²) in [4.78, 5) is 0. The van der Waals surface area contributed by atoms with Gasteiger partial charge in [0.1, 0.15) is 5.75 Å². The van der Waals surface area contributed by atoms with E-state index in [9.17, 15) is 5.11 Å². The summed E-state index contributed by atoms with van der Waals surface area (Å²) >= 11 is 3.39. The fraction of sp³-hybridized carbons (Fsp3) is 0.455. The molecular formula is C11H14BrNO2. The van der Waals surface area contributed by atoms with Crippen LogP contribution >= 0.6 is 15.9 Å². The molecule has 1 saturated carbocycles. The molecule has 0 saturated heterocycles. The van der Waals surface area contributed by atoms with Crippen molar-refractivity contribution in [3.63, 3.8) is 0 Å². The molecule has 0 spiro atoms. The SMILES string of the molecule is COc1cc(Br)ccc1C1(N)CC(O)C1. The van der Waals surface area contributed by atoms with Gasteiger partial charge in [0.05, 0.1) is 13.2 Å². The third-order valence-electron chi connectivity index (χ3n) is 2.90. The lowest BCUT2D eigenvalue weighted by Gasteiger charge is -2.43. The zero-order chi connectivity index (χ0) is 11.1. The van der Waals surface area contributed by atoms with Crippen molar-refractivity contribution >= 4 is 15.9 Å². The van der Waals surface area contributed by atoms with E-state index in [4.69, 9.17) is 10.5 Å². The Morgan fingerprint density at radius 3 is 2.73 bits per heavy atom. The van der Waals surface area contributed by atoms with Gasteiger partial charge in [-0.15, -0.1) is 0 Å². The van der Waals surface area contributed by atoms with Gasteiger partial charge in [-0.05, 0) is 25.0 Å². The van der Waals surface area contributed by atoms with Crippen molar-refractivity contribution in [2.24, 2.45) is 5.73 Å². The second kappa shape index (κ2) is 3.77. The third-order valence-corrected chi connectivity index (χ3v) is 3.39. The van der Waals surface area contributed by atoms with Crippen LogP contribution < -0.4 is 10.5 Å². The summed E-state index contributed by atoms with van der Waals surface area (Å²) in [6.45, 7) is 0. The quantitative estimate of drug-likeness (QED) is 0.862. The van der Waals surface area contributed by atoms with E-state index in [-0.39, 0.29) is 6.10 Å². The Hall–Kier alpha value is -0.580. The van der Waals surface area contributed by atoms with Crippen LogP contribution in [0.4, 0.5) is 0 Å². The van der Waals surface area contributed by atoms with Crippen LogP contribution in [0, 0.1) is 0 Å². The Bertz CT molecular complexity index is 375. The topological polar surface area (TPSA) is 55.5 Å². The summed E-state index contributed by atoms with van der Waals surface area (Å²) in [5.74, 6) is 0.777. The number of hydrogen-bond acceptors (Lipinski definition) is 3. The largest absolute Gasteiger partial charge is 0.496 e. The number of halogens is 1. The fourth-order valence-electron chi connectivity index (χ4n) is 2.08. The average Bonchev–Trinajstić information content (AvgIpc) is 2.15. The van der Waals surface area contributed by atoms with Crippen LogP contribution in [-0.2, 0) is 5.54 Å². The van der Waals surface area contributed by atoms with Gasteiger partial charge in [0.2, 0.25) is 0 Å². The first kappa shape index (κ1) is 10.9. The van der Waals surface area contributed by atoms with E-state index in [1.165, 1.54) is 0 Å². The van der Waals surface area contributed by atoms with E-state index in [2.05, 4.69) is 15.9 Å². The first-order valence-corrected chi connectivity index (χ1v) is 5.65. The monoisotopic (exact) mass is 271 g/mol. The lowest BCUT2D eigenvalue weighted by molar-refractivity contribution is 0.0198. The molecule has 3 nitrogen and oxygen atoms in total. The molecule has 0 heterocycles. The van der Waals surface area contributed by atoms with Crippen molar-refractivity contribution < 1.29 is 9.84 Å². The number of methoxy groups -OCH3 is 1. The van der Waals surface area contributed by atoms with Crippen molar-refractivity contribution in [1.29, 1.82) is 0 Å². The molecule has 2 rings (SSSR count). The molecule has 0 aliphatic heterocycles. The van der Waals surface area contributed by atoms with Crippen molar-refractivity contribution in [3.05, 3.63) is 28.2 Å². The molecule has 82 valence electrons. The van der Waals surface area contributed by atoms with E-state index >= 15 is 0 Å². The smallest absolute Gasteiger partial charge is 0.125 e. The van der Waals surface area contributed by atoms with Gasteiger partial charge in [0.25, 0.3) is 0 Å². The van der Waals surface area contributed by atoms with E-state index in [1.807, 2.05) is 18.2 Å². The number of aliphatic hydroxyl groups excluding tert-OH is 1. The maximum atomic E-state index is 9.33. The lowest BCUT2D eigenvalue weighted by atomic mass is 9.70. The van der Waals surface area contributed by atoms with Crippen LogP contribution in [0.3, 0.4) is 0 Å². The van der Waals surface area contributed by atoms with Crippen LogP contribution in [0.2, 0.25) is 0 Å². The molecule has 0 unspecified atom stereocenters. The number of nitrogens with two attached hydrogens (primary N) is 1. The minimum absolute atomic E-state index is 0.275. The number of benzene rings is 1. The molecule has 0 aromatic heterocycles. The third kappa shape index (κ3) is 1.89. The molecule has 1 aromatic carbocycles. The number of hydrogen-bond donors (Lipinski definition) is 2. The normalized spacial score (nSPS) is 29.7. The van der Waals surface area contributed by atoms with E-state index in [1.54, 1.807) is 7.11 Å². The molecule has 4 heteroatoms. The molecule has 1 fully saturated rings. The van der Waals surface area contributed by atoms with Gasteiger partial charge in [-0.1, -0.05) is 22.0 Å². The summed E-state index contributed by atoms with van der Waals surface area (Å²) in [7, 11) is 1.63. The molecule has 3 N–H and O–H groups in total. The van der Waals surface area contributed by atoms with Gasteiger partial charge in [0, 0.05) is 15.6 Å². The first-order chi connectivity index (χ1) is 7.05. The molecule has 1 aromatic rings. The van der Waals surface area contributed by atoms with Gasteiger partial charge in [-0.25, -0.2) is 0 Å². The summed E-state index contributed by atoms with van der Waals surface area (Å²) in [5.41, 5.74) is 6.73. The van der Waals surface area contributed by atoms with E-state index in [0.29, 0.717) is 12.8 Å². The Morgan fingerprint density at radius 2 is 2.20 bits per heavy atom. The molecule has 0 amide bonds. The summed E-state index contributed by atoms with van der Waals surface area (Å²) in [6, 6.07) is 5.79. The first-order valence-electron chi connectivity index (χ1n) is 4.86. The predicted molar refractivity (Wildman–Crippen MR) is 61.8 cm³/mol. The van der Waals surface area contributed by atoms with E-state index < -0.39 is 5.54 Å². The van der Waals surface area contributed by atoms with Gasteiger partial charge >= 0.3 is 0 Å². The maximum absolute atomic E-state index is 9.33. The molecule has 0 bridgehead atoms. The van der Waals surface area contributed by atoms with E-state index in [0.717, 1.165) is 15.8 Å². The fourth-order valence-corrected chi connectivity index (χ4v) is 2.42. The minimum atomic E-state index is -0.425. The molecule has 1 aliphatic carbocycles. The number of ether oxygens (including phenoxy) is 1.